The van der Waals surface area contributed by atoms with E-state index >= 15 is 0 Å². The molecule has 0 heterocycles. The molecule has 0 amide bonds. The topological polar surface area (TPSA) is 0 Å². The molecule has 0 bridgehead atoms. The van der Waals surface area contributed by atoms with Crippen LogP contribution in [0, 0.1) is 0 Å². The average Bonchev–Trinajstić information content (AvgIpc) is 1.99. The third kappa shape index (κ3) is 0.199. The molecule has 0 aliphatic heterocycles. The Morgan fingerprint density at radius 2 is 0.667 bits per heavy atom. The first-order valence-electron chi connectivity index (χ1n) is 4.32. The van der Waals surface area contributed by atoms with Crippen molar-refractivity contribution in [1.29, 1.82) is 0 Å². The SMILES string of the molecule is c1cc2c1c1c2c2c3ccc3c12. The number of hydrogen-bond donors (Lipinski definition) is 0. The van der Waals surface area contributed by atoms with Crippen molar-refractivity contribution in [3.63, 3.8) is 0 Å². The molecule has 0 nitrogen and oxygen atoms in total. The van der Waals surface area contributed by atoms with Crippen LogP contribution in [0.25, 0.3) is 43.1 Å². The zero-order valence-electron chi connectivity index (χ0n) is 6.31. The third-order valence-electron chi connectivity index (χ3n) is 3.49. The van der Waals surface area contributed by atoms with Crippen molar-refractivity contribution in [2.45, 2.75) is 0 Å². The van der Waals surface area contributed by atoms with E-state index in [2.05, 4.69) is 24.3 Å². The summed E-state index contributed by atoms with van der Waals surface area (Å²) < 4.78 is 0. The van der Waals surface area contributed by atoms with Crippen LogP contribution in [-0.4, -0.2) is 0 Å². The maximum absolute atomic E-state index is 2.24. The van der Waals surface area contributed by atoms with E-state index < -0.39 is 0 Å². The molecule has 12 heavy (non-hydrogen) atoms. The highest BCUT2D eigenvalue weighted by Gasteiger charge is 2.29. The van der Waals surface area contributed by atoms with Crippen LogP contribution in [0.5, 0.6) is 0 Å². The summed E-state index contributed by atoms with van der Waals surface area (Å²) in [5.41, 5.74) is 0. The Bertz CT molecular complexity index is 623. The average molecular weight is 148 g/mol. The van der Waals surface area contributed by atoms with E-state index in [4.69, 9.17) is 0 Å². The fourth-order valence-electron chi connectivity index (χ4n) is 2.76. The van der Waals surface area contributed by atoms with Crippen molar-refractivity contribution in [2.24, 2.45) is 0 Å². The normalized spacial score (nSPS) is 14.7. The molecule has 5 aromatic carbocycles. The third-order valence-corrected chi connectivity index (χ3v) is 3.49. The number of benzene rings is 4. The number of rotatable bonds is 0. The summed E-state index contributed by atoms with van der Waals surface area (Å²) in [7, 11) is 0. The van der Waals surface area contributed by atoms with Crippen molar-refractivity contribution in [3.05, 3.63) is 24.3 Å². The molecule has 0 aromatic heterocycles. The van der Waals surface area contributed by atoms with Gasteiger partial charge in [0, 0.05) is 0 Å². The van der Waals surface area contributed by atoms with Crippen LogP contribution in [0.15, 0.2) is 24.3 Å². The Kier molecular flexibility index (Phi) is 0.358. The summed E-state index contributed by atoms with van der Waals surface area (Å²) in [6.45, 7) is 0. The van der Waals surface area contributed by atoms with Gasteiger partial charge in [-0.15, -0.1) is 0 Å². The van der Waals surface area contributed by atoms with E-state index in [9.17, 15) is 0 Å². The molecule has 52 valence electrons. The van der Waals surface area contributed by atoms with Crippen LogP contribution in [0.3, 0.4) is 0 Å². The monoisotopic (exact) mass is 148 g/mol. The van der Waals surface area contributed by atoms with Gasteiger partial charge in [-0.05, 0) is 43.1 Å². The Morgan fingerprint density at radius 3 is 0.833 bits per heavy atom. The molecule has 0 fully saturated rings. The van der Waals surface area contributed by atoms with Gasteiger partial charge in [0.15, 0.2) is 0 Å². The second-order valence-electron chi connectivity index (χ2n) is 3.82. The molecule has 0 saturated carbocycles. The summed E-state index contributed by atoms with van der Waals surface area (Å²) in [6, 6.07) is 8.94. The van der Waals surface area contributed by atoms with Gasteiger partial charge in [-0.3, -0.25) is 0 Å². The van der Waals surface area contributed by atoms with Gasteiger partial charge in [0.25, 0.3) is 0 Å². The predicted octanol–water partition coefficient (Wildman–Crippen LogP) is 3.49. The highest BCUT2D eigenvalue weighted by Crippen LogP contribution is 2.58. The van der Waals surface area contributed by atoms with Crippen LogP contribution >= 0.6 is 0 Å². The molecule has 0 spiro atoms. The molecule has 0 radical (unpaired) electrons. The van der Waals surface area contributed by atoms with Gasteiger partial charge in [-0.1, -0.05) is 24.3 Å². The maximum Gasteiger partial charge on any atom is -0.000717 e. The lowest BCUT2D eigenvalue weighted by Crippen LogP contribution is -2.01. The van der Waals surface area contributed by atoms with Crippen molar-refractivity contribution in [2.75, 3.05) is 0 Å². The summed E-state index contributed by atoms with van der Waals surface area (Å²) in [4.78, 5) is 0. The van der Waals surface area contributed by atoms with Gasteiger partial charge in [0.1, 0.15) is 0 Å². The summed E-state index contributed by atoms with van der Waals surface area (Å²) in [5.74, 6) is 0. The van der Waals surface area contributed by atoms with Gasteiger partial charge in [-0.2, -0.15) is 0 Å². The smallest absolute Gasteiger partial charge is 0.000717 e. The summed E-state index contributed by atoms with van der Waals surface area (Å²) >= 11 is 0. The highest BCUT2D eigenvalue weighted by molar-refractivity contribution is 6.58. The zero-order chi connectivity index (χ0) is 7.45. The predicted molar refractivity (Wildman–Crippen MR) is 52.4 cm³/mol. The Morgan fingerprint density at radius 1 is 0.417 bits per heavy atom. The molecule has 0 atom stereocenters. The molecular formula is C12H4. The molecule has 0 aliphatic rings. The van der Waals surface area contributed by atoms with Gasteiger partial charge in [0.05, 0.1) is 0 Å². The first-order valence-corrected chi connectivity index (χ1v) is 4.32. The lowest BCUT2D eigenvalue weighted by Gasteiger charge is -2.30. The summed E-state index contributed by atoms with van der Waals surface area (Å²) in [6.07, 6.45) is 0. The minimum Gasteiger partial charge on any atom is -0.0531 e. The summed E-state index contributed by atoms with van der Waals surface area (Å²) in [5, 5.41) is 12.4. The second-order valence-corrected chi connectivity index (χ2v) is 3.82. The van der Waals surface area contributed by atoms with Crippen LogP contribution < -0.4 is 0 Å². The van der Waals surface area contributed by atoms with E-state index in [0.717, 1.165) is 0 Å². The van der Waals surface area contributed by atoms with E-state index in [1.807, 2.05) is 0 Å². The first-order chi connectivity index (χ1) is 5.97. The molecule has 0 saturated heterocycles. The fourth-order valence-corrected chi connectivity index (χ4v) is 2.76. The van der Waals surface area contributed by atoms with Crippen LogP contribution in [-0.2, 0) is 0 Å². The number of fused-ring (bicyclic) bond motifs is 10. The van der Waals surface area contributed by atoms with Crippen LogP contribution in [0.4, 0.5) is 0 Å². The highest BCUT2D eigenvalue weighted by atomic mass is 14.3. The van der Waals surface area contributed by atoms with E-state index in [1.54, 1.807) is 21.5 Å². The maximum atomic E-state index is 2.24. The second kappa shape index (κ2) is 0.962. The molecule has 5 aromatic rings. The molecule has 0 unspecified atom stereocenters. The standard InChI is InChI=1S/C12H4/c1-2-6-5(1)9-10(6)12-8-4-3-7(8)11(9)12/h1-4H. The van der Waals surface area contributed by atoms with Gasteiger partial charge < -0.3 is 0 Å². The Labute approximate surface area is 68.1 Å². The molecule has 0 heteroatoms. The van der Waals surface area contributed by atoms with Crippen molar-refractivity contribution in [1.82, 2.24) is 0 Å². The van der Waals surface area contributed by atoms with Crippen molar-refractivity contribution >= 4 is 43.1 Å². The van der Waals surface area contributed by atoms with Gasteiger partial charge in [0.2, 0.25) is 0 Å². The zero-order valence-corrected chi connectivity index (χ0v) is 6.31. The lowest BCUT2D eigenvalue weighted by molar-refractivity contribution is 1.83. The first kappa shape index (κ1) is 4.46. The van der Waals surface area contributed by atoms with Gasteiger partial charge >= 0.3 is 0 Å². The van der Waals surface area contributed by atoms with E-state index in [0.29, 0.717) is 0 Å². The van der Waals surface area contributed by atoms with E-state index in [1.165, 1.54) is 21.5 Å². The fraction of sp³-hybridized carbons (Fsp3) is 0. The quantitative estimate of drug-likeness (QED) is 0.315. The lowest BCUT2D eigenvalue weighted by atomic mass is 9.73. The van der Waals surface area contributed by atoms with E-state index in [-0.39, 0.29) is 0 Å². The molecular weight excluding hydrogens is 144 g/mol. The van der Waals surface area contributed by atoms with Crippen molar-refractivity contribution < 1.29 is 0 Å². The molecule has 5 rings (SSSR count). The molecule has 0 N–H and O–H groups in total. The van der Waals surface area contributed by atoms with Gasteiger partial charge in [-0.25, -0.2) is 0 Å². The number of hydrogen-bond acceptors (Lipinski definition) is 0. The largest absolute Gasteiger partial charge is 0.0531 e. The van der Waals surface area contributed by atoms with Crippen molar-refractivity contribution in [3.8, 4) is 0 Å². The molecule has 0 aliphatic carbocycles. The van der Waals surface area contributed by atoms with Crippen LogP contribution in [0.2, 0.25) is 0 Å². The van der Waals surface area contributed by atoms with Crippen LogP contribution in [0.1, 0.15) is 0 Å². The minimum absolute atomic E-state index is 1.52. The Balaban J connectivity index is 2.30. The Hall–Kier alpha value is -1.56. The minimum atomic E-state index is 1.52.